The van der Waals surface area contributed by atoms with Gasteiger partial charge in [0.25, 0.3) is 0 Å². The minimum Gasteiger partial charge on any atom is -0.301 e. The molecule has 0 aromatic rings. The Morgan fingerprint density at radius 1 is 1.07 bits per heavy atom. The Labute approximate surface area is 92.0 Å². The Morgan fingerprint density at radius 3 is 2.33 bits per heavy atom. The van der Waals surface area contributed by atoms with Gasteiger partial charge in [-0.1, -0.05) is 45.4 Å². The van der Waals surface area contributed by atoms with Crippen molar-refractivity contribution in [3.8, 4) is 0 Å². The zero-order chi connectivity index (χ0) is 11.0. The van der Waals surface area contributed by atoms with Crippen LogP contribution in [0.1, 0.15) is 58.3 Å². The van der Waals surface area contributed by atoms with Gasteiger partial charge in [0.1, 0.15) is 0 Å². The summed E-state index contributed by atoms with van der Waals surface area (Å²) < 4.78 is 0. The highest BCUT2D eigenvalue weighted by molar-refractivity contribution is 5.70. The van der Waals surface area contributed by atoms with E-state index in [1.807, 2.05) is 0 Å². The van der Waals surface area contributed by atoms with Crippen LogP contribution >= 0.6 is 0 Å². The predicted octanol–water partition coefficient (Wildman–Crippen LogP) is 3.23. The van der Waals surface area contributed by atoms with Gasteiger partial charge in [-0.25, -0.2) is 0 Å². The second-order valence-electron chi connectivity index (χ2n) is 4.30. The van der Waals surface area contributed by atoms with Gasteiger partial charge in [0.2, 0.25) is 0 Å². The minimum atomic E-state index is -0.594. The number of hydrogen-bond donors (Lipinski definition) is 1. The van der Waals surface area contributed by atoms with Gasteiger partial charge in [-0.3, -0.25) is 0 Å². The van der Waals surface area contributed by atoms with Crippen molar-refractivity contribution in [2.24, 2.45) is 21.2 Å². The third-order valence-corrected chi connectivity index (χ3v) is 2.74. The highest BCUT2D eigenvalue weighted by Gasteiger charge is 2.24. The Balaban J connectivity index is 1.93. The maximum Gasteiger partial charge on any atom is 0.169 e. The van der Waals surface area contributed by atoms with E-state index in [2.05, 4.69) is 22.4 Å². The molecule has 1 heterocycles. The fourth-order valence-corrected chi connectivity index (χ4v) is 1.74. The molecule has 0 saturated carbocycles. The van der Waals surface area contributed by atoms with Crippen LogP contribution in [0.2, 0.25) is 0 Å². The van der Waals surface area contributed by atoms with Crippen molar-refractivity contribution >= 4 is 6.21 Å². The largest absolute Gasteiger partial charge is 0.301 e. The van der Waals surface area contributed by atoms with E-state index >= 15 is 0 Å². The second kappa shape index (κ2) is 6.67. The van der Waals surface area contributed by atoms with Crippen LogP contribution in [0.15, 0.2) is 15.4 Å². The molecule has 1 unspecified atom stereocenters. The molecule has 4 heteroatoms. The van der Waals surface area contributed by atoms with Gasteiger partial charge in [-0.05, 0) is 18.1 Å². The van der Waals surface area contributed by atoms with Crippen LogP contribution in [0.4, 0.5) is 0 Å². The molecule has 0 radical (unpaired) electrons. The lowest BCUT2D eigenvalue weighted by Gasteiger charge is -2.13. The van der Waals surface area contributed by atoms with Crippen molar-refractivity contribution in [2.45, 2.75) is 64.0 Å². The van der Waals surface area contributed by atoms with Gasteiger partial charge in [0.05, 0.1) is 6.21 Å². The average Bonchev–Trinajstić information content (AvgIpc) is 2.64. The SMILES string of the molecule is CCCCCCCCCC1(N)C=NN=N1. The first-order valence-electron chi connectivity index (χ1n) is 6.02. The molecule has 0 amide bonds. The Hall–Kier alpha value is -0.770. The zero-order valence-electron chi connectivity index (χ0n) is 9.65. The van der Waals surface area contributed by atoms with Crippen molar-refractivity contribution in [3.05, 3.63) is 0 Å². The van der Waals surface area contributed by atoms with E-state index in [0.29, 0.717) is 0 Å². The second-order valence-corrected chi connectivity index (χ2v) is 4.30. The predicted molar refractivity (Wildman–Crippen MR) is 62.9 cm³/mol. The van der Waals surface area contributed by atoms with Crippen molar-refractivity contribution in [2.75, 3.05) is 0 Å². The third kappa shape index (κ3) is 5.02. The van der Waals surface area contributed by atoms with Crippen LogP contribution in [-0.2, 0) is 0 Å². The summed E-state index contributed by atoms with van der Waals surface area (Å²) in [5.41, 5.74) is 5.32. The van der Waals surface area contributed by atoms with E-state index in [-0.39, 0.29) is 0 Å². The number of nitrogens with two attached hydrogens (primary N) is 1. The van der Waals surface area contributed by atoms with Gasteiger partial charge >= 0.3 is 0 Å². The highest BCUT2D eigenvalue weighted by atomic mass is 15.4. The lowest BCUT2D eigenvalue weighted by Crippen LogP contribution is -2.37. The van der Waals surface area contributed by atoms with Crippen molar-refractivity contribution in [3.63, 3.8) is 0 Å². The molecule has 0 aromatic carbocycles. The van der Waals surface area contributed by atoms with Crippen LogP contribution < -0.4 is 5.73 Å². The molecule has 86 valence electrons. The molecule has 1 rings (SSSR count). The maximum absolute atomic E-state index is 5.91. The summed E-state index contributed by atoms with van der Waals surface area (Å²) in [6.07, 6.45) is 11.6. The molecule has 2 N–H and O–H groups in total. The van der Waals surface area contributed by atoms with Gasteiger partial charge in [0.15, 0.2) is 5.66 Å². The quantitative estimate of drug-likeness (QED) is 0.614. The summed E-state index contributed by atoms with van der Waals surface area (Å²) >= 11 is 0. The van der Waals surface area contributed by atoms with Crippen LogP contribution in [0.5, 0.6) is 0 Å². The van der Waals surface area contributed by atoms with Crippen molar-refractivity contribution in [1.29, 1.82) is 0 Å². The van der Waals surface area contributed by atoms with E-state index in [1.165, 1.54) is 38.5 Å². The fraction of sp³-hybridized carbons (Fsp3) is 0.909. The van der Waals surface area contributed by atoms with E-state index in [9.17, 15) is 0 Å². The summed E-state index contributed by atoms with van der Waals surface area (Å²) in [5.74, 6) is 0. The Kier molecular flexibility index (Phi) is 5.47. The number of nitrogens with zero attached hydrogens (tertiary/aromatic N) is 3. The summed E-state index contributed by atoms with van der Waals surface area (Å²) in [6, 6.07) is 0. The molecule has 0 fully saturated rings. The topological polar surface area (TPSA) is 63.1 Å². The molecule has 15 heavy (non-hydrogen) atoms. The smallest absolute Gasteiger partial charge is 0.169 e. The van der Waals surface area contributed by atoms with Gasteiger partial charge < -0.3 is 5.73 Å². The van der Waals surface area contributed by atoms with Crippen LogP contribution in [0.25, 0.3) is 0 Å². The Morgan fingerprint density at radius 2 is 1.73 bits per heavy atom. The van der Waals surface area contributed by atoms with E-state index < -0.39 is 5.66 Å². The van der Waals surface area contributed by atoms with Crippen LogP contribution in [0, 0.1) is 0 Å². The first-order valence-corrected chi connectivity index (χ1v) is 6.02. The normalized spacial score (nSPS) is 23.9. The molecule has 0 spiro atoms. The Bertz CT molecular complexity index is 211. The summed E-state index contributed by atoms with van der Waals surface area (Å²) in [5, 5.41) is 11.1. The molecule has 1 aliphatic rings. The van der Waals surface area contributed by atoms with Gasteiger partial charge in [0, 0.05) is 0 Å². The van der Waals surface area contributed by atoms with Crippen LogP contribution in [0.3, 0.4) is 0 Å². The standard InChI is InChI=1S/C11H22N4/c1-2-3-4-5-6-7-8-9-11(12)10-13-15-14-11/h10H,2-9,12H2,1H3. The molecule has 1 atom stereocenters. The van der Waals surface area contributed by atoms with Gasteiger partial charge in [-0.15, -0.1) is 10.2 Å². The summed E-state index contributed by atoms with van der Waals surface area (Å²) in [6.45, 7) is 2.24. The fourth-order valence-electron chi connectivity index (χ4n) is 1.74. The van der Waals surface area contributed by atoms with Crippen LogP contribution in [-0.4, -0.2) is 11.9 Å². The minimum absolute atomic E-state index is 0.594. The third-order valence-electron chi connectivity index (χ3n) is 2.74. The van der Waals surface area contributed by atoms with Gasteiger partial charge in [-0.2, -0.15) is 0 Å². The number of unbranched alkanes of at least 4 members (excludes halogenated alkanes) is 6. The van der Waals surface area contributed by atoms with Crippen molar-refractivity contribution in [1.82, 2.24) is 0 Å². The number of rotatable bonds is 8. The molecular formula is C11H22N4. The molecule has 4 nitrogen and oxygen atoms in total. The van der Waals surface area contributed by atoms with E-state index in [0.717, 1.165) is 12.8 Å². The first-order chi connectivity index (χ1) is 7.27. The lowest BCUT2D eigenvalue weighted by atomic mass is 10.0. The van der Waals surface area contributed by atoms with E-state index in [4.69, 9.17) is 5.73 Å². The summed E-state index contributed by atoms with van der Waals surface area (Å²) in [4.78, 5) is 0. The molecular weight excluding hydrogens is 188 g/mol. The monoisotopic (exact) mass is 210 g/mol. The highest BCUT2D eigenvalue weighted by Crippen LogP contribution is 2.17. The zero-order valence-corrected chi connectivity index (χ0v) is 9.65. The molecule has 0 aliphatic carbocycles. The first kappa shape index (κ1) is 12.3. The molecule has 0 bridgehead atoms. The number of hydrogen-bond acceptors (Lipinski definition) is 4. The maximum atomic E-state index is 5.91. The molecule has 1 aliphatic heterocycles. The lowest BCUT2D eigenvalue weighted by molar-refractivity contribution is 0.489. The summed E-state index contributed by atoms with van der Waals surface area (Å²) in [7, 11) is 0. The molecule has 0 aromatic heterocycles. The van der Waals surface area contributed by atoms with Crippen molar-refractivity contribution < 1.29 is 0 Å². The average molecular weight is 210 g/mol. The molecule has 0 saturated heterocycles. The van der Waals surface area contributed by atoms with E-state index in [1.54, 1.807) is 6.21 Å².